The Morgan fingerprint density at radius 1 is 0.923 bits per heavy atom. The molecule has 3 heterocycles. The molecule has 6 rings (SSSR count). The van der Waals surface area contributed by atoms with Crippen LogP contribution in [0, 0.1) is 0 Å². The van der Waals surface area contributed by atoms with Gasteiger partial charge in [-0.15, -0.1) is 12.4 Å². The Labute approximate surface area is 157 Å². The van der Waals surface area contributed by atoms with Crippen molar-refractivity contribution in [2.75, 3.05) is 13.3 Å². The standard InChI is InChI=1S/C21H19NO3.ClH/c23-13-3-4-14-15-6-12-2-1-5-22(12)10-19(15)18-9-21-20(24-11-25-21)8-17(18)16(14)7-13;/h3-4,7-9,12,23H,1-2,5-6,10-11H2;1H/t12-;/m0./s1. The van der Waals surface area contributed by atoms with Crippen LogP contribution < -0.4 is 9.47 Å². The first-order chi connectivity index (χ1) is 12.3. The van der Waals surface area contributed by atoms with Gasteiger partial charge in [0.2, 0.25) is 6.79 Å². The number of fused-ring (bicyclic) bond motifs is 8. The molecular weight excluding hydrogens is 350 g/mol. The topological polar surface area (TPSA) is 41.9 Å². The van der Waals surface area contributed by atoms with Crippen molar-refractivity contribution < 1.29 is 14.6 Å². The van der Waals surface area contributed by atoms with Gasteiger partial charge < -0.3 is 14.6 Å². The maximum Gasteiger partial charge on any atom is 0.231 e. The molecule has 3 aromatic rings. The van der Waals surface area contributed by atoms with Crippen molar-refractivity contribution in [1.82, 2.24) is 4.90 Å². The highest BCUT2D eigenvalue weighted by Gasteiger charge is 2.32. The van der Waals surface area contributed by atoms with Gasteiger partial charge in [-0.1, -0.05) is 6.07 Å². The molecule has 0 aromatic heterocycles. The van der Waals surface area contributed by atoms with Crippen molar-refractivity contribution in [3.63, 3.8) is 0 Å². The van der Waals surface area contributed by atoms with Gasteiger partial charge in [-0.05, 0) is 82.7 Å². The molecular formula is C21H20ClNO3. The van der Waals surface area contributed by atoms with Gasteiger partial charge in [-0.25, -0.2) is 0 Å². The fourth-order valence-electron chi connectivity index (χ4n) is 4.94. The molecule has 0 radical (unpaired) electrons. The third kappa shape index (κ3) is 2.12. The van der Waals surface area contributed by atoms with Crippen LogP contribution in [0.3, 0.4) is 0 Å². The molecule has 3 aromatic carbocycles. The second kappa shape index (κ2) is 5.66. The number of hydrogen-bond acceptors (Lipinski definition) is 4. The van der Waals surface area contributed by atoms with Gasteiger partial charge in [0.15, 0.2) is 11.5 Å². The van der Waals surface area contributed by atoms with Gasteiger partial charge >= 0.3 is 0 Å². The van der Waals surface area contributed by atoms with Gasteiger partial charge in [-0.3, -0.25) is 4.90 Å². The van der Waals surface area contributed by atoms with E-state index in [0.717, 1.165) is 35.2 Å². The number of aromatic hydroxyl groups is 1. The van der Waals surface area contributed by atoms with Crippen molar-refractivity contribution in [3.05, 3.63) is 41.5 Å². The molecule has 3 aliphatic heterocycles. The van der Waals surface area contributed by atoms with Crippen LogP contribution in [0.2, 0.25) is 0 Å². The predicted octanol–water partition coefficient (Wildman–Crippen LogP) is 4.37. The summed E-state index contributed by atoms with van der Waals surface area (Å²) in [6.07, 6.45) is 3.68. The molecule has 1 atom stereocenters. The largest absolute Gasteiger partial charge is 0.508 e. The van der Waals surface area contributed by atoms with E-state index in [9.17, 15) is 5.11 Å². The fraction of sp³-hybridized carbons (Fsp3) is 0.333. The van der Waals surface area contributed by atoms with Gasteiger partial charge in [0.25, 0.3) is 0 Å². The van der Waals surface area contributed by atoms with E-state index in [1.807, 2.05) is 12.1 Å². The summed E-state index contributed by atoms with van der Waals surface area (Å²) in [6, 6.07) is 10.7. The lowest BCUT2D eigenvalue weighted by atomic mass is 9.85. The SMILES string of the molecule is Cl.Oc1ccc2c3c(c4cc5c(cc4c2c1)OCO5)CN1CCC[C@H]1C3. The summed E-state index contributed by atoms with van der Waals surface area (Å²) in [5.74, 6) is 1.94. The van der Waals surface area contributed by atoms with Crippen molar-refractivity contribution in [3.8, 4) is 17.2 Å². The number of nitrogens with zero attached hydrogens (tertiary/aromatic N) is 1. The molecule has 0 amide bonds. The zero-order valence-electron chi connectivity index (χ0n) is 14.3. The van der Waals surface area contributed by atoms with E-state index < -0.39 is 0 Å². The Morgan fingerprint density at radius 2 is 1.69 bits per heavy atom. The number of ether oxygens (including phenoxy) is 2. The van der Waals surface area contributed by atoms with E-state index in [4.69, 9.17) is 9.47 Å². The Balaban J connectivity index is 0.00000150. The summed E-state index contributed by atoms with van der Waals surface area (Å²) in [7, 11) is 0. The van der Waals surface area contributed by atoms with Crippen molar-refractivity contribution >= 4 is 34.0 Å². The molecule has 0 aliphatic carbocycles. The maximum atomic E-state index is 10.1. The molecule has 1 fully saturated rings. The first-order valence-electron chi connectivity index (χ1n) is 9.02. The Kier molecular flexibility index (Phi) is 3.49. The molecule has 3 aliphatic rings. The molecule has 5 heteroatoms. The minimum absolute atomic E-state index is 0. The van der Waals surface area contributed by atoms with Crippen LogP contribution in [-0.4, -0.2) is 29.4 Å². The quantitative estimate of drug-likeness (QED) is 0.597. The van der Waals surface area contributed by atoms with Gasteiger partial charge in [0, 0.05) is 12.6 Å². The monoisotopic (exact) mass is 369 g/mol. The van der Waals surface area contributed by atoms with Crippen LogP contribution in [0.1, 0.15) is 24.0 Å². The lowest BCUT2D eigenvalue weighted by Crippen LogP contribution is -2.35. The lowest BCUT2D eigenvalue weighted by molar-refractivity contribution is 0.174. The summed E-state index contributed by atoms with van der Waals surface area (Å²) < 4.78 is 11.2. The minimum Gasteiger partial charge on any atom is -0.508 e. The fourth-order valence-corrected chi connectivity index (χ4v) is 4.94. The average molecular weight is 370 g/mol. The number of halogens is 1. The molecule has 0 bridgehead atoms. The first-order valence-corrected chi connectivity index (χ1v) is 9.02. The van der Waals surface area contributed by atoms with Crippen molar-refractivity contribution in [2.45, 2.75) is 31.8 Å². The Morgan fingerprint density at radius 3 is 2.54 bits per heavy atom. The number of rotatable bonds is 0. The number of benzene rings is 3. The highest BCUT2D eigenvalue weighted by Crippen LogP contribution is 2.45. The average Bonchev–Trinajstić information content (AvgIpc) is 3.27. The summed E-state index contributed by atoms with van der Waals surface area (Å²) in [5.41, 5.74) is 2.87. The zero-order chi connectivity index (χ0) is 16.5. The smallest absolute Gasteiger partial charge is 0.231 e. The Bertz CT molecular complexity index is 1050. The lowest BCUT2D eigenvalue weighted by Gasteiger charge is -2.33. The molecule has 4 nitrogen and oxygen atoms in total. The molecule has 134 valence electrons. The highest BCUT2D eigenvalue weighted by molar-refractivity contribution is 6.12. The van der Waals surface area contributed by atoms with E-state index in [1.54, 1.807) is 0 Å². The van der Waals surface area contributed by atoms with Crippen LogP contribution in [0.4, 0.5) is 0 Å². The van der Waals surface area contributed by atoms with Crippen molar-refractivity contribution in [1.29, 1.82) is 0 Å². The van der Waals surface area contributed by atoms with E-state index in [0.29, 0.717) is 11.8 Å². The second-order valence-electron chi connectivity index (χ2n) is 7.41. The van der Waals surface area contributed by atoms with Crippen LogP contribution in [0.5, 0.6) is 17.2 Å². The van der Waals surface area contributed by atoms with Crippen LogP contribution in [-0.2, 0) is 13.0 Å². The van der Waals surface area contributed by atoms with Crippen LogP contribution in [0.15, 0.2) is 30.3 Å². The third-order valence-corrected chi connectivity index (χ3v) is 6.12. The van der Waals surface area contributed by atoms with Gasteiger partial charge in [0.1, 0.15) is 5.75 Å². The normalized spacial score (nSPS) is 20.8. The summed E-state index contributed by atoms with van der Waals surface area (Å²) in [6.45, 7) is 2.49. The van der Waals surface area contributed by atoms with E-state index in [-0.39, 0.29) is 19.2 Å². The second-order valence-corrected chi connectivity index (χ2v) is 7.41. The van der Waals surface area contributed by atoms with Gasteiger partial charge in [0.05, 0.1) is 0 Å². The maximum absolute atomic E-state index is 10.1. The molecule has 0 saturated carbocycles. The summed E-state index contributed by atoms with van der Waals surface area (Å²) in [5, 5.41) is 14.8. The number of phenolic OH excluding ortho intramolecular Hbond substituents is 1. The van der Waals surface area contributed by atoms with Crippen LogP contribution >= 0.6 is 12.4 Å². The molecule has 1 N–H and O–H groups in total. The predicted molar refractivity (Wildman–Crippen MR) is 104 cm³/mol. The van der Waals surface area contributed by atoms with Gasteiger partial charge in [-0.2, -0.15) is 0 Å². The number of hydrogen-bond donors (Lipinski definition) is 1. The number of phenols is 1. The minimum atomic E-state index is 0. The Hall–Kier alpha value is -2.17. The zero-order valence-corrected chi connectivity index (χ0v) is 15.1. The molecule has 0 spiro atoms. The summed E-state index contributed by atoms with van der Waals surface area (Å²) >= 11 is 0. The first kappa shape index (κ1) is 16.0. The molecule has 0 unspecified atom stereocenters. The molecule has 26 heavy (non-hydrogen) atoms. The highest BCUT2D eigenvalue weighted by atomic mass is 35.5. The summed E-state index contributed by atoms with van der Waals surface area (Å²) in [4.78, 5) is 2.62. The van der Waals surface area contributed by atoms with Crippen molar-refractivity contribution in [2.24, 2.45) is 0 Å². The molecule has 1 saturated heterocycles. The van der Waals surface area contributed by atoms with E-state index in [2.05, 4.69) is 23.1 Å². The van der Waals surface area contributed by atoms with E-state index in [1.165, 1.54) is 41.3 Å². The van der Waals surface area contributed by atoms with E-state index >= 15 is 0 Å². The van der Waals surface area contributed by atoms with Crippen LogP contribution in [0.25, 0.3) is 21.5 Å². The third-order valence-electron chi connectivity index (χ3n) is 6.12.